The molecule has 6 heteroatoms. The van der Waals surface area contributed by atoms with Crippen LogP contribution >= 0.6 is 11.8 Å². The van der Waals surface area contributed by atoms with Gasteiger partial charge in [0.05, 0.1) is 4.92 Å². The van der Waals surface area contributed by atoms with Gasteiger partial charge in [-0.2, -0.15) is 17.0 Å². The van der Waals surface area contributed by atoms with Crippen LogP contribution in [-0.4, -0.2) is 22.5 Å². The van der Waals surface area contributed by atoms with Gasteiger partial charge in [0.15, 0.2) is 0 Å². The van der Waals surface area contributed by atoms with E-state index in [1.165, 1.54) is 18.9 Å². The Hall–Kier alpha value is -1.74. The Morgan fingerprint density at radius 2 is 2.32 bits per heavy atom. The molecule has 1 saturated carbocycles. The Labute approximate surface area is 116 Å². The number of nitrogens with one attached hydrogen (secondary N) is 1. The van der Waals surface area contributed by atoms with E-state index < -0.39 is 4.92 Å². The first-order valence-corrected chi connectivity index (χ1v) is 7.42. The van der Waals surface area contributed by atoms with Crippen molar-refractivity contribution in [1.29, 1.82) is 5.26 Å². The van der Waals surface area contributed by atoms with Gasteiger partial charge in [0.2, 0.25) is 0 Å². The zero-order chi connectivity index (χ0) is 13.8. The molecule has 1 aliphatic carbocycles. The highest BCUT2D eigenvalue weighted by molar-refractivity contribution is 7.99. The fraction of sp³-hybridized carbons (Fsp3) is 0.462. The lowest BCUT2D eigenvalue weighted by molar-refractivity contribution is -0.385. The lowest BCUT2D eigenvalue weighted by Gasteiger charge is -2.20. The van der Waals surface area contributed by atoms with Crippen molar-refractivity contribution < 1.29 is 4.92 Å². The second-order valence-electron chi connectivity index (χ2n) is 4.56. The van der Waals surface area contributed by atoms with Crippen molar-refractivity contribution in [2.24, 2.45) is 0 Å². The first-order chi connectivity index (χ1) is 9.15. The molecule has 100 valence electrons. The number of nitriles is 1. The second-order valence-corrected chi connectivity index (χ2v) is 5.63. The minimum atomic E-state index is -0.525. The fourth-order valence-electron chi connectivity index (χ4n) is 2.46. The summed E-state index contributed by atoms with van der Waals surface area (Å²) in [6, 6.07) is 6.89. The summed E-state index contributed by atoms with van der Waals surface area (Å²) in [4.78, 5) is 10.2. The third-order valence-corrected chi connectivity index (χ3v) is 4.59. The Morgan fingerprint density at radius 1 is 1.53 bits per heavy atom. The zero-order valence-electron chi connectivity index (χ0n) is 10.6. The number of hydrogen-bond donors (Lipinski definition) is 1. The molecule has 0 radical (unpaired) electrons. The highest BCUT2D eigenvalue weighted by Crippen LogP contribution is 2.31. The summed E-state index contributed by atoms with van der Waals surface area (Å²) in [5.74, 6) is 0. The van der Waals surface area contributed by atoms with Gasteiger partial charge in [-0.05, 0) is 31.2 Å². The molecular formula is C13H15N3O2S. The third kappa shape index (κ3) is 2.99. The Morgan fingerprint density at radius 3 is 2.95 bits per heavy atom. The normalized spacial score (nSPS) is 21.9. The van der Waals surface area contributed by atoms with Crippen molar-refractivity contribution in [3.05, 3.63) is 33.9 Å². The lowest BCUT2D eigenvalue weighted by Crippen LogP contribution is -2.25. The minimum absolute atomic E-state index is 0.105. The molecule has 1 fully saturated rings. The van der Waals surface area contributed by atoms with E-state index >= 15 is 0 Å². The molecule has 5 nitrogen and oxygen atoms in total. The number of nitro groups is 1. The lowest BCUT2D eigenvalue weighted by atomic mass is 10.1. The van der Waals surface area contributed by atoms with E-state index in [2.05, 4.69) is 11.6 Å². The van der Waals surface area contributed by atoms with Crippen molar-refractivity contribution >= 4 is 23.1 Å². The summed E-state index contributed by atoms with van der Waals surface area (Å²) in [6.45, 7) is 0. The van der Waals surface area contributed by atoms with Crippen molar-refractivity contribution in [3.63, 3.8) is 0 Å². The maximum absolute atomic E-state index is 10.8. The summed E-state index contributed by atoms with van der Waals surface area (Å²) in [6.07, 6.45) is 5.59. The van der Waals surface area contributed by atoms with Gasteiger partial charge in [0.25, 0.3) is 5.69 Å². The maximum atomic E-state index is 10.8. The van der Waals surface area contributed by atoms with Crippen molar-refractivity contribution in [2.45, 2.75) is 30.6 Å². The molecule has 2 unspecified atom stereocenters. The van der Waals surface area contributed by atoms with E-state index in [-0.39, 0.29) is 11.3 Å². The number of hydrogen-bond acceptors (Lipinski definition) is 5. The van der Waals surface area contributed by atoms with Crippen LogP contribution in [-0.2, 0) is 0 Å². The minimum Gasteiger partial charge on any atom is -0.381 e. The van der Waals surface area contributed by atoms with Crippen LogP contribution < -0.4 is 5.32 Å². The number of rotatable bonds is 4. The molecule has 2 rings (SSSR count). The number of nitrogens with zero attached hydrogens (tertiary/aromatic N) is 2. The Kier molecular flexibility index (Phi) is 4.27. The van der Waals surface area contributed by atoms with Crippen LogP contribution in [0.3, 0.4) is 0 Å². The van der Waals surface area contributed by atoms with Crippen molar-refractivity contribution in [1.82, 2.24) is 0 Å². The van der Waals surface area contributed by atoms with E-state index in [0.29, 0.717) is 11.3 Å². The molecule has 0 aliphatic heterocycles. The molecule has 1 aromatic rings. The topological polar surface area (TPSA) is 79.0 Å². The van der Waals surface area contributed by atoms with E-state index in [0.717, 1.165) is 12.1 Å². The van der Waals surface area contributed by atoms with Crippen LogP contribution in [0, 0.1) is 21.4 Å². The van der Waals surface area contributed by atoms with Crippen molar-refractivity contribution in [2.75, 3.05) is 11.6 Å². The van der Waals surface area contributed by atoms with Crippen LogP contribution in [0.2, 0.25) is 0 Å². The average molecular weight is 277 g/mol. The van der Waals surface area contributed by atoms with Gasteiger partial charge in [-0.15, -0.1) is 0 Å². The molecule has 19 heavy (non-hydrogen) atoms. The predicted octanol–water partition coefficient (Wildman–Crippen LogP) is 3.16. The van der Waals surface area contributed by atoms with E-state index in [1.54, 1.807) is 12.1 Å². The molecule has 0 saturated heterocycles. The SMILES string of the molecule is CSC1CCCC1Nc1ccc([N+](=O)[O-])c(C#N)c1. The molecular weight excluding hydrogens is 262 g/mol. The van der Waals surface area contributed by atoms with Crippen LogP contribution in [0.1, 0.15) is 24.8 Å². The summed E-state index contributed by atoms with van der Waals surface area (Å²) in [5, 5.41) is 23.7. The van der Waals surface area contributed by atoms with Crippen molar-refractivity contribution in [3.8, 4) is 6.07 Å². The Bertz CT molecular complexity index is 527. The van der Waals surface area contributed by atoms with Crippen LogP contribution in [0.5, 0.6) is 0 Å². The van der Waals surface area contributed by atoms with Crippen LogP contribution in [0.25, 0.3) is 0 Å². The van der Waals surface area contributed by atoms with Gasteiger partial charge in [0, 0.05) is 23.0 Å². The van der Waals surface area contributed by atoms with Crippen LogP contribution in [0.15, 0.2) is 18.2 Å². The van der Waals surface area contributed by atoms with Gasteiger partial charge < -0.3 is 5.32 Å². The standard InChI is InChI=1S/C13H15N3O2S/c1-19-13-4-2-3-11(13)15-10-5-6-12(16(17)18)9(7-10)8-14/h5-7,11,13,15H,2-4H2,1H3. The van der Waals surface area contributed by atoms with Gasteiger partial charge in [-0.25, -0.2) is 0 Å². The zero-order valence-corrected chi connectivity index (χ0v) is 11.4. The first kappa shape index (κ1) is 13.7. The van der Waals surface area contributed by atoms with Gasteiger partial charge in [-0.1, -0.05) is 6.42 Å². The van der Waals surface area contributed by atoms with Gasteiger partial charge in [-0.3, -0.25) is 10.1 Å². The molecule has 1 aliphatic rings. The number of benzene rings is 1. The monoisotopic (exact) mass is 277 g/mol. The van der Waals surface area contributed by atoms with Crippen LogP contribution in [0.4, 0.5) is 11.4 Å². The molecule has 0 spiro atoms. The summed E-state index contributed by atoms with van der Waals surface area (Å²) in [7, 11) is 0. The summed E-state index contributed by atoms with van der Waals surface area (Å²) < 4.78 is 0. The summed E-state index contributed by atoms with van der Waals surface area (Å²) in [5.41, 5.74) is 0.752. The number of nitro benzene ring substituents is 1. The molecule has 0 amide bonds. The smallest absolute Gasteiger partial charge is 0.287 e. The van der Waals surface area contributed by atoms with Gasteiger partial charge >= 0.3 is 0 Å². The maximum Gasteiger partial charge on any atom is 0.287 e. The predicted molar refractivity (Wildman–Crippen MR) is 76.4 cm³/mol. The average Bonchev–Trinajstić information content (AvgIpc) is 2.85. The first-order valence-electron chi connectivity index (χ1n) is 6.13. The largest absolute Gasteiger partial charge is 0.381 e. The third-order valence-electron chi connectivity index (χ3n) is 3.42. The molecule has 2 atom stereocenters. The highest BCUT2D eigenvalue weighted by atomic mass is 32.2. The fourth-order valence-corrected chi connectivity index (χ4v) is 3.40. The summed E-state index contributed by atoms with van der Waals surface area (Å²) >= 11 is 1.84. The molecule has 0 bridgehead atoms. The molecule has 0 heterocycles. The molecule has 0 aromatic heterocycles. The Balaban J connectivity index is 2.18. The number of anilines is 1. The van der Waals surface area contributed by atoms with E-state index in [1.807, 2.05) is 17.8 Å². The highest BCUT2D eigenvalue weighted by Gasteiger charge is 2.26. The van der Waals surface area contributed by atoms with Gasteiger partial charge in [0.1, 0.15) is 11.6 Å². The molecule has 1 N–H and O–H groups in total. The number of thioether (sulfide) groups is 1. The second kappa shape index (κ2) is 5.93. The quantitative estimate of drug-likeness (QED) is 0.675. The van der Waals surface area contributed by atoms with E-state index in [4.69, 9.17) is 5.26 Å². The van der Waals surface area contributed by atoms with E-state index in [9.17, 15) is 10.1 Å². The molecule has 1 aromatic carbocycles.